The quantitative estimate of drug-likeness (QED) is 0.151. The lowest BCUT2D eigenvalue weighted by molar-refractivity contribution is 0.669. The van der Waals surface area contributed by atoms with Gasteiger partial charge in [-0.1, -0.05) is 218 Å². The monoisotopic (exact) mass is 1140 g/mol. The summed E-state index contributed by atoms with van der Waals surface area (Å²) in [7, 11) is 0. The van der Waals surface area contributed by atoms with Crippen molar-refractivity contribution in [3.63, 3.8) is 0 Å². The summed E-state index contributed by atoms with van der Waals surface area (Å²) >= 11 is 0. The van der Waals surface area contributed by atoms with E-state index in [1.165, 1.54) is 0 Å². The molecule has 7 heterocycles. The van der Waals surface area contributed by atoms with Gasteiger partial charge < -0.3 is 13.6 Å². The van der Waals surface area contributed by atoms with Crippen molar-refractivity contribution in [3.8, 4) is 68.3 Å². The summed E-state index contributed by atoms with van der Waals surface area (Å²) in [6, 6.07) is 104. The van der Waals surface area contributed by atoms with Crippen molar-refractivity contribution >= 4 is 109 Å². The van der Waals surface area contributed by atoms with Crippen molar-refractivity contribution in [2.75, 3.05) is 0 Å². The standard InChI is InChI=1S/C80H48N8O/c1-2-22-50(23-3-1)76-81-77(83-78(82-76)52-46-47-72-62(48-52)61-32-12-21-41-71(61)89-72)51-44-42-49(43-45-51)73-74(85-63-33-13-4-24-53(63)54-25-5-14-34-64(54)85)79(87-67-37-17-8-28-57(67)58-29-9-18-38-68(58)87)84-80(88-69-39-19-10-30-59(69)60-31-11-20-40-70(60)88)75(73)86-65-35-15-6-26-55(65)56-27-7-16-36-66(56)86/h1-48H. The van der Waals surface area contributed by atoms with Crippen molar-refractivity contribution in [2.24, 2.45) is 0 Å². The molecule has 0 spiro atoms. The minimum Gasteiger partial charge on any atom is -0.456 e. The van der Waals surface area contributed by atoms with Gasteiger partial charge in [0.1, 0.15) is 22.5 Å². The molecule has 0 saturated carbocycles. The van der Waals surface area contributed by atoms with E-state index >= 15 is 0 Å². The zero-order valence-corrected chi connectivity index (χ0v) is 47.7. The van der Waals surface area contributed by atoms with E-state index in [1.54, 1.807) is 0 Å². The summed E-state index contributed by atoms with van der Waals surface area (Å²) in [6.07, 6.45) is 0. The molecule has 0 aliphatic carbocycles. The van der Waals surface area contributed by atoms with Crippen molar-refractivity contribution in [1.82, 2.24) is 38.2 Å². The first-order valence-electron chi connectivity index (χ1n) is 30.0. The van der Waals surface area contributed by atoms with Crippen molar-refractivity contribution < 1.29 is 4.42 Å². The number of pyridine rings is 1. The SMILES string of the molecule is c1ccc(-c2nc(-c3ccc(-c4c(-n5c6ccccc6c6ccccc65)c(-n5c6ccccc6c6ccccc65)nc(-n5c6ccccc6c6ccccc65)c4-n4c5ccccc5c5ccccc54)cc3)nc(-c3ccc4oc5ccccc5c4c3)n2)cc1. The number of fused-ring (bicyclic) bond motifs is 15. The molecule has 0 N–H and O–H groups in total. The van der Waals surface area contributed by atoms with Crippen LogP contribution in [-0.4, -0.2) is 38.2 Å². The predicted octanol–water partition coefficient (Wildman–Crippen LogP) is 20.2. The maximum Gasteiger partial charge on any atom is 0.165 e. The van der Waals surface area contributed by atoms with Gasteiger partial charge >= 0.3 is 0 Å². The van der Waals surface area contributed by atoms with E-state index in [2.05, 4.69) is 261 Å². The second-order valence-corrected chi connectivity index (χ2v) is 22.9. The first-order chi connectivity index (χ1) is 44.2. The van der Waals surface area contributed by atoms with Crippen LogP contribution in [0.2, 0.25) is 0 Å². The number of hydrogen-bond acceptors (Lipinski definition) is 5. The molecule has 19 aromatic rings. The van der Waals surface area contributed by atoms with E-state index in [1.807, 2.05) is 48.5 Å². The number of hydrogen-bond donors (Lipinski definition) is 0. The van der Waals surface area contributed by atoms with Crippen molar-refractivity contribution in [2.45, 2.75) is 0 Å². The van der Waals surface area contributed by atoms with Gasteiger partial charge in [-0.2, -0.15) is 0 Å². The fraction of sp³-hybridized carbons (Fsp3) is 0. The van der Waals surface area contributed by atoms with Gasteiger partial charge in [0.05, 0.1) is 44.1 Å². The van der Waals surface area contributed by atoms with E-state index in [0.29, 0.717) is 17.5 Å². The molecule has 9 heteroatoms. The van der Waals surface area contributed by atoms with Gasteiger partial charge in [-0.05, 0) is 78.4 Å². The van der Waals surface area contributed by atoms with Crippen molar-refractivity contribution in [1.29, 1.82) is 0 Å². The Kier molecular flexibility index (Phi) is 10.6. The van der Waals surface area contributed by atoms with E-state index < -0.39 is 0 Å². The van der Waals surface area contributed by atoms with Crippen LogP contribution in [0.3, 0.4) is 0 Å². The summed E-state index contributed by atoms with van der Waals surface area (Å²) in [4.78, 5) is 22.3. The molecule has 0 fully saturated rings. The van der Waals surface area contributed by atoms with Crippen LogP contribution in [0.1, 0.15) is 0 Å². The Morgan fingerprint density at radius 1 is 0.213 bits per heavy atom. The summed E-state index contributed by atoms with van der Waals surface area (Å²) in [5.41, 5.74) is 16.4. The molecule has 9 nitrogen and oxygen atoms in total. The summed E-state index contributed by atoms with van der Waals surface area (Å²) < 4.78 is 16.1. The van der Waals surface area contributed by atoms with E-state index in [-0.39, 0.29) is 0 Å². The highest BCUT2D eigenvalue weighted by Gasteiger charge is 2.33. The Balaban J connectivity index is 0.986. The fourth-order valence-corrected chi connectivity index (χ4v) is 14.2. The molecule has 0 saturated heterocycles. The number of furan rings is 1. The molecule has 7 aromatic heterocycles. The molecule has 0 aliphatic heterocycles. The molecule has 0 bridgehead atoms. The molecule has 0 aliphatic rings. The Morgan fingerprint density at radius 2 is 0.506 bits per heavy atom. The van der Waals surface area contributed by atoms with Crippen LogP contribution < -0.4 is 0 Å². The second kappa shape index (κ2) is 19.2. The molecule has 19 rings (SSSR count). The van der Waals surface area contributed by atoms with Crippen LogP contribution in [0, 0.1) is 0 Å². The van der Waals surface area contributed by atoms with E-state index in [9.17, 15) is 0 Å². The summed E-state index contributed by atoms with van der Waals surface area (Å²) in [5.74, 6) is 3.23. The Hall–Kier alpha value is -12.2. The van der Waals surface area contributed by atoms with Gasteiger partial charge in [-0.25, -0.2) is 19.9 Å². The van der Waals surface area contributed by atoms with E-state index in [0.717, 1.165) is 160 Å². The number of para-hydroxylation sites is 9. The third-order valence-electron chi connectivity index (χ3n) is 18.0. The Morgan fingerprint density at radius 3 is 0.910 bits per heavy atom. The zero-order valence-electron chi connectivity index (χ0n) is 47.7. The topological polar surface area (TPSA) is 84.4 Å². The second-order valence-electron chi connectivity index (χ2n) is 22.9. The molecule has 0 atom stereocenters. The Bertz CT molecular complexity index is 5660. The predicted molar refractivity (Wildman–Crippen MR) is 364 cm³/mol. The van der Waals surface area contributed by atoms with Gasteiger partial charge in [0, 0.05) is 76.1 Å². The average molecular weight is 1140 g/mol. The van der Waals surface area contributed by atoms with Gasteiger partial charge in [0.15, 0.2) is 29.1 Å². The number of benzene rings is 12. The largest absolute Gasteiger partial charge is 0.456 e. The smallest absolute Gasteiger partial charge is 0.165 e. The molecule has 0 radical (unpaired) electrons. The van der Waals surface area contributed by atoms with Gasteiger partial charge in [-0.15, -0.1) is 0 Å². The van der Waals surface area contributed by atoms with Crippen LogP contribution >= 0.6 is 0 Å². The molecule has 0 unspecified atom stereocenters. The van der Waals surface area contributed by atoms with Crippen LogP contribution in [0.15, 0.2) is 296 Å². The highest BCUT2D eigenvalue weighted by Crippen LogP contribution is 2.49. The lowest BCUT2D eigenvalue weighted by Crippen LogP contribution is -2.16. The maximum absolute atomic E-state index is 6.41. The maximum atomic E-state index is 6.41. The highest BCUT2D eigenvalue weighted by molar-refractivity contribution is 6.16. The first-order valence-corrected chi connectivity index (χ1v) is 30.0. The fourth-order valence-electron chi connectivity index (χ4n) is 14.2. The van der Waals surface area contributed by atoms with Crippen LogP contribution in [0.25, 0.3) is 177 Å². The summed E-state index contributed by atoms with van der Waals surface area (Å²) in [5, 5.41) is 11.2. The highest BCUT2D eigenvalue weighted by atomic mass is 16.3. The minimum absolute atomic E-state index is 0.550. The van der Waals surface area contributed by atoms with Gasteiger partial charge in [0.25, 0.3) is 0 Å². The third kappa shape index (κ3) is 7.30. The molecule has 414 valence electrons. The third-order valence-corrected chi connectivity index (χ3v) is 18.0. The molecule has 0 amide bonds. The van der Waals surface area contributed by atoms with Gasteiger partial charge in [0.2, 0.25) is 0 Å². The van der Waals surface area contributed by atoms with Crippen LogP contribution in [0.4, 0.5) is 0 Å². The summed E-state index contributed by atoms with van der Waals surface area (Å²) in [6.45, 7) is 0. The van der Waals surface area contributed by atoms with Gasteiger partial charge in [-0.3, -0.25) is 9.13 Å². The van der Waals surface area contributed by atoms with E-state index in [4.69, 9.17) is 24.4 Å². The number of rotatable bonds is 8. The normalized spacial score (nSPS) is 12.0. The zero-order chi connectivity index (χ0) is 58.3. The molecular weight excluding hydrogens is 1090 g/mol. The lowest BCUT2D eigenvalue weighted by atomic mass is 9.98. The average Bonchev–Trinajstić information content (AvgIpc) is 1.64. The first kappa shape index (κ1) is 49.1. The molecule has 89 heavy (non-hydrogen) atoms. The number of nitrogens with zero attached hydrogens (tertiary/aromatic N) is 8. The van der Waals surface area contributed by atoms with Crippen LogP contribution in [0.5, 0.6) is 0 Å². The number of aromatic nitrogens is 8. The lowest BCUT2D eigenvalue weighted by Gasteiger charge is -2.27. The Labute approximate surface area is 508 Å². The minimum atomic E-state index is 0.550. The van der Waals surface area contributed by atoms with Crippen LogP contribution in [-0.2, 0) is 0 Å². The van der Waals surface area contributed by atoms with Crippen molar-refractivity contribution in [3.05, 3.63) is 291 Å². The molecule has 12 aromatic carbocycles. The molecular formula is C80H48N8O.